The van der Waals surface area contributed by atoms with Crippen LogP contribution < -0.4 is 4.74 Å². The molecule has 4 rings (SSSR count). The predicted octanol–water partition coefficient (Wildman–Crippen LogP) is 2.93. The summed E-state index contributed by atoms with van der Waals surface area (Å²) in [6, 6.07) is 9.62. The van der Waals surface area contributed by atoms with E-state index in [0.717, 1.165) is 34.2 Å². The van der Waals surface area contributed by atoms with E-state index in [1.54, 1.807) is 10.9 Å². The summed E-state index contributed by atoms with van der Waals surface area (Å²) in [5, 5.41) is 12.6. The second-order valence-electron chi connectivity index (χ2n) is 5.55. The molecule has 120 valence electrons. The molecule has 0 amide bonds. The van der Waals surface area contributed by atoms with Gasteiger partial charge in [-0.1, -0.05) is 18.2 Å². The fraction of sp³-hybridized carbons (Fsp3) is 0.176. The molecule has 0 N–H and O–H groups in total. The zero-order chi connectivity index (χ0) is 16.7. The number of para-hydroxylation sites is 1. The van der Waals surface area contributed by atoms with Crippen molar-refractivity contribution in [3.8, 4) is 22.9 Å². The summed E-state index contributed by atoms with van der Waals surface area (Å²) >= 11 is 0. The Balaban J connectivity index is 1.84. The van der Waals surface area contributed by atoms with Crippen LogP contribution in [0.5, 0.6) is 11.6 Å². The second-order valence-corrected chi connectivity index (χ2v) is 5.55. The topological polar surface area (TPSA) is 70.1 Å². The molecule has 3 heterocycles. The quantitative estimate of drug-likeness (QED) is 0.580. The normalized spacial score (nSPS) is 11.1. The van der Waals surface area contributed by atoms with Gasteiger partial charge in [0.2, 0.25) is 5.88 Å². The van der Waals surface area contributed by atoms with E-state index in [4.69, 9.17) is 4.74 Å². The first kappa shape index (κ1) is 14.4. The van der Waals surface area contributed by atoms with Crippen molar-refractivity contribution in [2.75, 3.05) is 0 Å². The highest BCUT2D eigenvalue weighted by atomic mass is 16.5. The third-order valence-electron chi connectivity index (χ3n) is 3.85. The zero-order valence-corrected chi connectivity index (χ0v) is 13.6. The summed E-state index contributed by atoms with van der Waals surface area (Å²) in [7, 11) is 1.84. The number of rotatable bonds is 3. The smallest absolute Gasteiger partial charge is 0.227 e. The van der Waals surface area contributed by atoms with Crippen molar-refractivity contribution in [3.05, 3.63) is 54.2 Å². The first-order chi connectivity index (χ1) is 11.6. The van der Waals surface area contributed by atoms with Crippen molar-refractivity contribution in [2.45, 2.75) is 13.8 Å². The molecule has 0 aliphatic rings. The van der Waals surface area contributed by atoms with Crippen LogP contribution in [0.3, 0.4) is 0 Å². The first-order valence-electron chi connectivity index (χ1n) is 7.58. The Labute approximate surface area is 138 Å². The Kier molecular flexibility index (Phi) is 3.26. The lowest BCUT2D eigenvalue weighted by Crippen LogP contribution is -1.99. The van der Waals surface area contributed by atoms with E-state index in [1.807, 2.05) is 61.8 Å². The van der Waals surface area contributed by atoms with E-state index in [9.17, 15) is 0 Å². The molecule has 0 radical (unpaired) electrons. The van der Waals surface area contributed by atoms with Crippen LogP contribution in [0, 0.1) is 13.8 Å². The van der Waals surface area contributed by atoms with Crippen LogP contribution in [0.15, 0.2) is 42.7 Å². The molecular weight excluding hydrogens is 304 g/mol. The minimum atomic E-state index is 0.637. The monoisotopic (exact) mass is 320 g/mol. The zero-order valence-electron chi connectivity index (χ0n) is 13.6. The van der Waals surface area contributed by atoms with Gasteiger partial charge in [0.25, 0.3) is 0 Å². The summed E-state index contributed by atoms with van der Waals surface area (Å²) in [6.07, 6.45) is 3.66. The lowest BCUT2D eigenvalue weighted by Gasteiger charge is -2.09. The number of hydrogen-bond donors (Lipinski definition) is 0. The average Bonchev–Trinajstić information content (AvgIpc) is 3.13. The van der Waals surface area contributed by atoms with Crippen molar-refractivity contribution in [2.24, 2.45) is 7.05 Å². The van der Waals surface area contributed by atoms with Gasteiger partial charge in [0.15, 0.2) is 5.65 Å². The maximum absolute atomic E-state index is 6.02. The highest BCUT2D eigenvalue weighted by Gasteiger charge is 2.17. The van der Waals surface area contributed by atoms with Crippen LogP contribution in [0.2, 0.25) is 0 Å². The molecule has 0 aliphatic carbocycles. The minimum absolute atomic E-state index is 0.637. The molecule has 0 atom stereocenters. The predicted molar refractivity (Wildman–Crippen MR) is 89.0 cm³/mol. The number of aryl methyl sites for hydroxylation is 3. The van der Waals surface area contributed by atoms with Gasteiger partial charge in [-0.2, -0.15) is 5.10 Å². The summed E-state index contributed by atoms with van der Waals surface area (Å²) in [5.41, 5.74) is 3.15. The largest absolute Gasteiger partial charge is 0.439 e. The fourth-order valence-electron chi connectivity index (χ4n) is 2.61. The van der Waals surface area contributed by atoms with E-state index in [-0.39, 0.29) is 0 Å². The van der Waals surface area contributed by atoms with Gasteiger partial charge < -0.3 is 4.74 Å². The Morgan fingerprint density at radius 2 is 1.83 bits per heavy atom. The number of aromatic nitrogens is 6. The Hall–Kier alpha value is -3.22. The molecule has 3 aromatic heterocycles. The van der Waals surface area contributed by atoms with Crippen LogP contribution in [-0.4, -0.2) is 29.4 Å². The van der Waals surface area contributed by atoms with Crippen molar-refractivity contribution >= 4 is 5.65 Å². The van der Waals surface area contributed by atoms with E-state index in [0.29, 0.717) is 5.88 Å². The van der Waals surface area contributed by atoms with Crippen molar-refractivity contribution in [1.29, 1.82) is 0 Å². The number of fused-ring (bicyclic) bond motifs is 1. The third-order valence-corrected chi connectivity index (χ3v) is 3.85. The lowest BCUT2D eigenvalue weighted by atomic mass is 10.2. The molecule has 4 aromatic rings. The molecule has 0 spiro atoms. The first-order valence-corrected chi connectivity index (χ1v) is 7.58. The average molecular weight is 320 g/mol. The van der Waals surface area contributed by atoms with E-state index in [1.165, 1.54) is 0 Å². The Morgan fingerprint density at radius 1 is 1.04 bits per heavy atom. The van der Waals surface area contributed by atoms with Gasteiger partial charge in [-0.25, -0.2) is 9.67 Å². The van der Waals surface area contributed by atoms with Crippen molar-refractivity contribution in [1.82, 2.24) is 29.4 Å². The lowest BCUT2D eigenvalue weighted by molar-refractivity contribution is 0.432. The molecule has 0 aliphatic heterocycles. The standard InChI is InChI=1S/C17H16N6O/c1-11-16-21-20-12(2)23(16)10-15(19-11)14-9-18-22(3)17(14)24-13-7-5-4-6-8-13/h4-10H,1-3H3. The summed E-state index contributed by atoms with van der Waals surface area (Å²) < 4.78 is 9.64. The number of nitrogens with zero attached hydrogens (tertiary/aromatic N) is 6. The molecule has 7 nitrogen and oxygen atoms in total. The summed E-state index contributed by atoms with van der Waals surface area (Å²) in [6.45, 7) is 3.83. The minimum Gasteiger partial charge on any atom is -0.439 e. The van der Waals surface area contributed by atoms with Gasteiger partial charge in [-0.05, 0) is 26.0 Å². The second kappa shape index (κ2) is 5.45. The van der Waals surface area contributed by atoms with Crippen LogP contribution >= 0.6 is 0 Å². The molecule has 0 saturated carbocycles. The van der Waals surface area contributed by atoms with Crippen LogP contribution in [0.4, 0.5) is 0 Å². The fourth-order valence-corrected chi connectivity index (χ4v) is 2.61. The van der Waals surface area contributed by atoms with Gasteiger partial charge in [0.05, 0.1) is 23.1 Å². The molecule has 0 bridgehead atoms. The van der Waals surface area contributed by atoms with Crippen LogP contribution in [-0.2, 0) is 7.05 Å². The van der Waals surface area contributed by atoms with E-state index >= 15 is 0 Å². The van der Waals surface area contributed by atoms with Gasteiger partial charge in [0.1, 0.15) is 11.6 Å². The van der Waals surface area contributed by atoms with Crippen LogP contribution in [0.25, 0.3) is 16.9 Å². The number of ether oxygens (including phenoxy) is 1. The molecule has 0 fully saturated rings. The summed E-state index contributed by atoms with van der Waals surface area (Å²) in [4.78, 5) is 4.64. The van der Waals surface area contributed by atoms with E-state index in [2.05, 4.69) is 20.3 Å². The Morgan fingerprint density at radius 3 is 2.62 bits per heavy atom. The summed E-state index contributed by atoms with van der Waals surface area (Å²) in [5.74, 6) is 2.20. The molecule has 0 unspecified atom stereocenters. The van der Waals surface area contributed by atoms with E-state index < -0.39 is 0 Å². The SMILES string of the molecule is Cc1nc(-c2cnn(C)c2Oc2ccccc2)cn2c(C)nnc12. The van der Waals surface area contributed by atoms with Gasteiger partial charge in [-0.15, -0.1) is 10.2 Å². The molecule has 0 saturated heterocycles. The molecule has 24 heavy (non-hydrogen) atoms. The highest BCUT2D eigenvalue weighted by molar-refractivity contribution is 5.66. The maximum Gasteiger partial charge on any atom is 0.227 e. The van der Waals surface area contributed by atoms with Gasteiger partial charge in [-0.3, -0.25) is 4.40 Å². The van der Waals surface area contributed by atoms with Crippen molar-refractivity contribution < 1.29 is 4.74 Å². The molecule has 1 aromatic carbocycles. The van der Waals surface area contributed by atoms with Crippen LogP contribution in [0.1, 0.15) is 11.5 Å². The third kappa shape index (κ3) is 2.30. The number of hydrogen-bond acceptors (Lipinski definition) is 5. The maximum atomic E-state index is 6.02. The Bertz CT molecular complexity index is 1020. The molecule has 7 heteroatoms. The van der Waals surface area contributed by atoms with Gasteiger partial charge in [0, 0.05) is 13.2 Å². The van der Waals surface area contributed by atoms with Gasteiger partial charge >= 0.3 is 0 Å². The molecular formula is C17H16N6O. The highest BCUT2D eigenvalue weighted by Crippen LogP contribution is 2.32. The number of benzene rings is 1. The van der Waals surface area contributed by atoms with Crippen molar-refractivity contribution in [3.63, 3.8) is 0 Å².